The Morgan fingerprint density at radius 2 is 2.11 bits per heavy atom. The molecule has 0 radical (unpaired) electrons. The van der Waals surface area contributed by atoms with Crippen molar-refractivity contribution in [1.29, 1.82) is 0 Å². The Bertz CT molecular complexity index is 389. The van der Waals surface area contributed by atoms with Gasteiger partial charge >= 0.3 is 0 Å². The number of hydrogen-bond donors (Lipinski definition) is 2. The maximum absolute atomic E-state index is 11.4. The van der Waals surface area contributed by atoms with Gasteiger partial charge in [-0.25, -0.2) is 0 Å². The van der Waals surface area contributed by atoms with Gasteiger partial charge in [0.25, 0.3) is 0 Å². The van der Waals surface area contributed by atoms with Gasteiger partial charge in [0, 0.05) is 12.1 Å². The molecule has 1 rings (SSSR count). The lowest BCUT2D eigenvalue weighted by molar-refractivity contribution is -0.122. The van der Waals surface area contributed by atoms with E-state index in [0.29, 0.717) is 13.0 Å². The Morgan fingerprint density at radius 1 is 1.39 bits per heavy atom. The van der Waals surface area contributed by atoms with E-state index in [4.69, 9.17) is 10.5 Å². The molecule has 4 heteroatoms. The monoisotopic (exact) mass is 250 g/mol. The van der Waals surface area contributed by atoms with E-state index in [1.165, 1.54) is 0 Å². The van der Waals surface area contributed by atoms with Gasteiger partial charge in [-0.15, -0.1) is 0 Å². The van der Waals surface area contributed by atoms with E-state index in [9.17, 15) is 4.79 Å². The Balaban J connectivity index is 2.39. The van der Waals surface area contributed by atoms with Crippen LogP contribution in [0.2, 0.25) is 0 Å². The van der Waals surface area contributed by atoms with Crippen molar-refractivity contribution < 1.29 is 9.53 Å². The summed E-state index contributed by atoms with van der Waals surface area (Å²) in [5.74, 6) is 0.760. The van der Waals surface area contributed by atoms with Gasteiger partial charge < -0.3 is 15.8 Å². The molecule has 18 heavy (non-hydrogen) atoms. The lowest BCUT2D eigenvalue weighted by Crippen LogP contribution is -2.31. The van der Waals surface area contributed by atoms with Gasteiger partial charge in [-0.1, -0.05) is 12.1 Å². The quantitative estimate of drug-likeness (QED) is 0.811. The predicted molar refractivity (Wildman–Crippen MR) is 72.4 cm³/mol. The smallest absolute Gasteiger partial charge is 0.223 e. The molecule has 0 spiro atoms. The molecular weight excluding hydrogens is 228 g/mol. The maximum atomic E-state index is 11.4. The first-order chi connectivity index (χ1) is 8.49. The molecule has 0 saturated heterocycles. The molecule has 4 nitrogen and oxygen atoms in total. The second-order valence-corrected chi connectivity index (χ2v) is 4.68. The summed E-state index contributed by atoms with van der Waals surface area (Å²) in [4.78, 5) is 11.4. The molecule has 1 amide bonds. The molecule has 0 heterocycles. The van der Waals surface area contributed by atoms with Crippen LogP contribution in [0.15, 0.2) is 24.3 Å². The summed E-state index contributed by atoms with van der Waals surface area (Å²) >= 11 is 0. The highest BCUT2D eigenvalue weighted by atomic mass is 16.5. The van der Waals surface area contributed by atoms with E-state index in [1.54, 1.807) is 0 Å². The van der Waals surface area contributed by atoms with Crippen molar-refractivity contribution in [3.63, 3.8) is 0 Å². The number of rotatable bonds is 6. The number of carbonyl (C=O) groups is 1. The summed E-state index contributed by atoms with van der Waals surface area (Å²) in [7, 11) is 0. The minimum Gasteiger partial charge on any atom is -0.493 e. The minimum absolute atomic E-state index is 0.00773. The highest BCUT2D eigenvalue weighted by molar-refractivity contribution is 5.76. The largest absolute Gasteiger partial charge is 0.493 e. The highest BCUT2D eigenvalue weighted by Crippen LogP contribution is 2.17. The van der Waals surface area contributed by atoms with Crippen LogP contribution in [0.1, 0.15) is 38.8 Å². The third kappa shape index (κ3) is 5.19. The average molecular weight is 250 g/mol. The molecule has 100 valence electrons. The molecule has 0 aromatic heterocycles. The molecule has 1 aromatic carbocycles. The molecule has 0 bridgehead atoms. The van der Waals surface area contributed by atoms with Crippen molar-refractivity contribution in [3.8, 4) is 5.75 Å². The first-order valence-corrected chi connectivity index (χ1v) is 6.26. The average Bonchev–Trinajstić information content (AvgIpc) is 2.28. The van der Waals surface area contributed by atoms with Crippen molar-refractivity contribution in [2.24, 2.45) is 5.73 Å². The summed E-state index contributed by atoms with van der Waals surface area (Å²) < 4.78 is 5.53. The first kappa shape index (κ1) is 14.5. The van der Waals surface area contributed by atoms with Crippen LogP contribution in [0.5, 0.6) is 5.75 Å². The van der Waals surface area contributed by atoms with Crippen LogP contribution in [0.4, 0.5) is 0 Å². The summed E-state index contributed by atoms with van der Waals surface area (Å²) in [6.45, 7) is 6.17. The van der Waals surface area contributed by atoms with Crippen molar-refractivity contribution in [2.75, 3.05) is 6.61 Å². The molecule has 0 unspecified atom stereocenters. The topological polar surface area (TPSA) is 64.3 Å². The maximum Gasteiger partial charge on any atom is 0.223 e. The standard InChI is InChI=1S/C14H22N2O2/c1-10(2)16-14(17)7-8-18-13-6-4-5-12(9-13)11(3)15/h4-6,9-11H,7-8,15H2,1-3H3,(H,16,17)/t11-/m1/s1. The fraction of sp³-hybridized carbons (Fsp3) is 0.500. The zero-order chi connectivity index (χ0) is 13.5. The number of ether oxygens (including phenoxy) is 1. The molecular formula is C14H22N2O2. The highest BCUT2D eigenvalue weighted by Gasteiger charge is 2.04. The number of nitrogens with one attached hydrogen (secondary N) is 1. The number of carbonyl (C=O) groups excluding carboxylic acids is 1. The van der Waals surface area contributed by atoms with E-state index in [0.717, 1.165) is 11.3 Å². The van der Waals surface area contributed by atoms with E-state index in [2.05, 4.69) is 5.32 Å². The van der Waals surface area contributed by atoms with Gasteiger partial charge in [0.2, 0.25) is 5.91 Å². The number of amides is 1. The van der Waals surface area contributed by atoms with Crippen LogP contribution in [-0.2, 0) is 4.79 Å². The summed E-state index contributed by atoms with van der Waals surface area (Å²) in [6, 6.07) is 7.79. The second kappa shape index (κ2) is 7.01. The first-order valence-electron chi connectivity index (χ1n) is 6.26. The van der Waals surface area contributed by atoms with Gasteiger partial charge in [-0.05, 0) is 38.5 Å². The molecule has 3 N–H and O–H groups in total. The number of hydrogen-bond acceptors (Lipinski definition) is 3. The van der Waals surface area contributed by atoms with Crippen LogP contribution >= 0.6 is 0 Å². The van der Waals surface area contributed by atoms with E-state index < -0.39 is 0 Å². The number of nitrogens with two attached hydrogens (primary N) is 1. The van der Waals surface area contributed by atoms with Crippen LogP contribution in [-0.4, -0.2) is 18.6 Å². The molecule has 0 saturated carbocycles. The Labute approximate surface area is 109 Å². The van der Waals surface area contributed by atoms with Gasteiger partial charge in [-0.3, -0.25) is 4.79 Å². The Kier molecular flexibility index (Phi) is 5.65. The molecule has 0 aliphatic rings. The summed E-state index contributed by atoms with van der Waals surface area (Å²) in [6.07, 6.45) is 0.362. The minimum atomic E-state index is -0.0159. The fourth-order valence-electron chi connectivity index (χ4n) is 1.54. The van der Waals surface area contributed by atoms with Crippen LogP contribution in [0.3, 0.4) is 0 Å². The molecule has 0 aliphatic heterocycles. The van der Waals surface area contributed by atoms with Crippen molar-refractivity contribution in [3.05, 3.63) is 29.8 Å². The molecule has 1 atom stereocenters. The lowest BCUT2D eigenvalue weighted by atomic mass is 10.1. The van der Waals surface area contributed by atoms with Crippen LogP contribution in [0.25, 0.3) is 0 Å². The second-order valence-electron chi connectivity index (χ2n) is 4.68. The van der Waals surface area contributed by atoms with Crippen LogP contribution in [0, 0.1) is 0 Å². The van der Waals surface area contributed by atoms with Gasteiger partial charge in [0.05, 0.1) is 13.0 Å². The van der Waals surface area contributed by atoms with Gasteiger partial charge in [-0.2, -0.15) is 0 Å². The van der Waals surface area contributed by atoms with Gasteiger partial charge in [0.15, 0.2) is 0 Å². The molecule has 0 fully saturated rings. The Morgan fingerprint density at radius 3 is 2.72 bits per heavy atom. The van der Waals surface area contributed by atoms with Crippen molar-refractivity contribution in [2.45, 2.75) is 39.3 Å². The zero-order valence-electron chi connectivity index (χ0n) is 11.3. The van der Waals surface area contributed by atoms with E-state index in [-0.39, 0.29) is 18.0 Å². The predicted octanol–water partition coefficient (Wildman–Crippen LogP) is 2.00. The third-order valence-electron chi connectivity index (χ3n) is 2.43. The summed E-state index contributed by atoms with van der Waals surface area (Å²) in [5, 5.41) is 2.82. The lowest BCUT2D eigenvalue weighted by Gasteiger charge is -2.11. The van der Waals surface area contributed by atoms with Crippen LogP contribution < -0.4 is 15.8 Å². The SMILES string of the molecule is CC(C)NC(=O)CCOc1cccc([C@@H](C)N)c1. The third-order valence-corrected chi connectivity index (χ3v) is 2.43. The van der Waals surface area contributed by atoms with Crippen molar-refractivity contribution >= 4 is 5.91 Å². The summed E-state index contributed by atoms with van der Waals surface area (Å²) in [5.41, 5.74) is 6.82. The normalized spacial score (nSPS) is 12.3. The van der Waals surface area contributed by atoms with Crippen molar-refractivity contribution in [1.82, 2.24) is 5.32 Å². The number of benzene rings is 1. The Hall–Kier alpha value is -1.55. The molecule has 0 aliphatic carbocycles. The zero-order valence-corrected chi connectivity index (χ0v) is 11.3. The van der Waals surface area contributed by atoms with E-state index >= 15 is 0 Å². The van der Waals surface area contributed by atoms with Gasteiger partial charge in [0.1, 0.15) is 5.75 Å². The van der Waals surface area contributed by atoms with E-state index in [1.807, 2.05) is 45.0 Å². The molecule has 1 aromatic rings. The fourth-order valence-corrected chi connectivity index (χ4v) is 1.54.